The lowest BCUT2D eigenvalue weighted by Crippen LogP contribution is -2.32. The standard InChI is InChI=1S/C34H30NO3P2/c36-34(28-21-23-29(24-22-28)35(37)38)27-40(32-17-9-3-10-18-32,33-19-11-4-12-20-33)26-25-39(30-13-5-1-6-14-30)31-15-7-2-8-16-31/h1-24H,25-27H2/q+1. The highest BCUT2D eigenvalue weighted by Crippen LogP contribution is 2.58. The van der Waals surface area contributed by atoms with Crippen molar-refractivity contribution in [2.45, 2.75) is 0 Å². The second-order valence-electron chi connectivity index (χ2n) is 9.57. The quantitative estimate of drug-likeness (QED) is 0.0791. The van der Waals surface area contributed by atoms with Gasteiger partial charge in [0.1, 0.15) is 6.16 Å². The number of nitrogens with zero attached hydrogens (tertiary/aromatic N) is 1. The molecule has 0 saturated heterocycles. The van der Waals surface area contributed by atoms with Gasteiger partial charge >= 0.3 is 0 Å². The number of nitro groups is 1. The van der Waals surface area contributed by atoms with Crippen LogP contribution in [0.25, 0.3) is 0 Å². The number of rotatable bonds is 11. The Balaban J connectivity index is 1.58. The normalized spacial score (nSPS) is 11.3. The van der Waals surface area contributed by atoms with Gasteiger partial charge in [0.25, 0.3) is 5.69 Å². The number of Topliss-reactive ketones (excluding diaryl/α,β-unsaturated/α-hetero) is 1. The molecule has 0 bridgehead atoms. The Kier molecular flexibility index (Phi) is 8.91. The molecule has 198 valence electrons. The lowest BCUT2D eigenvalue weighted by molar-refractivity contribution is -0.384. The van der Waals surface area contributed by atoms with E-state index in [2.05, 4.69) is 109 Å². The third kappa shape index (κ3) is 6.26. The second-order valence-corrected chi connectivity index (χ2v) is 15.6. The van der Waals surface area contributed by atoms with Crippen LogP contribution in [0.15, 0.2) is 146 Å². The molecule has 0 N–H and O–H groups in total. The first-order chi connectivity index (χ1) is 19.6. The summed E-state index contributed by atoms with van der Waals surface area (Å²) in [6.07, 6.45) is 2.18. The minimum absolute atomic E-state index is 0.0136. The summed E-state index contributed by atoms with van der Waals surface area (Å²) in [6, 6.07) is 48.3. The predicted molar refractivity (Wildman–Crippen MR) is 170 cm³/mol. The maximum absolute atomic E-state index is 13.9. The third-order valence-electron chi connectivity index (χ3n) is 7.16. The highest BCUT2D eigenvalue weighted by atomic mass is 31.2. The molecule has 5 aromatic rings. The lowest BCUT2D eigenvalue weighted by atomic mass is 10.1. The number of non-ortho nitro benzene ring substituents is 1. The monoisotopic (exact) mass is 562 g/mol. The molecule has 0 atom stereocenters. The van der Waals surface area contributed by atoms with Crippen molar-refractivity contribution in [1.82, 2.24) is 0 Å². The van der Waals surface area contributed by atoms with Gasteiger partial charge < -0.3 is 0 Å². The van der Waals surface area contributed by atoms with E-state index >= 15 is 0 Å². The fourth-order valence-electron chi connectivity index (χ4n) is 5.09. The Labute approximate surface area is 237 Å². The van der Waals surface area contributed by atoms with E-state index in [9.17, 15) is 14.9 Å². The summed E-state index contributed by atoms with van der Waals surface area (Å²) in [5.41, 5.74) is 0.496. The first kappa shape index (κ1) is 27.6. The van der Waals surface area contributed by atoms with Gasteiger partial charge in [0.05, 0.1) is 29.0 Å². The Morgan fingerprint density at radius 1 is 0.625 bits per heavy atom. The van der Waals surface area contributed by atoms with Crippen LogP contribution in [0.1, 0.15) is 10.4 Å². The van der Waals surface area contributed by atoms with E-state index in [1.54, 1.807) is 12.1 Å². The molecule has 0 spiro atoms. The molecule has 5 rings (SSSR count). The molecule has 0 unspecified atom stereocenters. The van der Waals surface area contributed by atoms with Crippen molar-refractivity contribution in [2.75, 3.05) is 18.5 Å². The molecule has 5 aromatic carbocycles. The van der Waals surface area contributed by atoms with E-state index in [0.717, 1.165) is 12.3 Å². The molecule has 0 aliphatic carbocycles. The largest absolute Gasteiger partial charge is 0.290 e. The van der Waals surface area contributed by atoms with Crippen molar-refractivity contribution >= 4 is 47.9 Å². The number of nitro benzene ring substituents is 1. The summed E-state index contributed by atoms with van der Waals surface area (Å²) in [5.74, 6) is 0.0136. The molecule has 0 saturated carbocycles. The average molecular weight is 563 g/mol. The summed E-state index contributed by atoms with van der Waals surface area (Å²) in [7, 11) is -2.86. The van der Waals surface area contributed by atoms with Crippen LogP contribution >= 0.6 is 15.2 Å². The number of hydrogen-bond acceptors (Lipinski definition) is 3. The Hall–Kier alpha value is -3.97. The Bertz CT molecular complexity index is 1470. The van der Waals surface area contributed by atoms with E-state index in [0.29, 0.717) is 11.7 Å². The smallest absolute Gasteiger partial charge is 0.269 e. The molecule has 0 radical (unpaired) electrons. The van der Waals surface area contributed by atoms with E-state index in [1.165, 1.54) is 33.4 Å². The Morgan fingerprint density at radius 3 is 1.48 bits per heavy atom. The minimum Gasteiger partial charge on any atom is -0.290 e. The fraction of sp³-hybridized carbons (Fsp3) is 0.0882. The van der Waals surface area contributed by atoms with Gasteiger partial charge in [0.15, 0.2) is 0 Å². The minimum atomic E-state index is -2.22. The molecular formula is C34H30NO3P2+. The highest BCUT2D eigenvalue weighted by Gasteiger charge is 2.45. The highest BCUT2D eigenvalue weighted by molar-refractivity contribution is 7.90. The summed E-state index contributed by atoms with van der Waals surface area (Å²) < 4.78 is 0. The van der Waals surface area contributed by atoms with Gasteiger partial charge in [-0.25, -0.2) is 0 Å². The van der Waals surface area contributed by atoms with Gasteiger partial charge in [-0.05, 0) is 54.9 Å². The summed E-state index contributed by atoms with van der Waals surface area (Å²) >= 11 is 0. The summed E-state index contributed by atoms with van der Waals surface area (Å²) in [4.78, 5) is 24.7. The SMILES string of the molecule is O=C(C[P+](CCP(c1ccccc1)c1ccccc1)(c1ccccc1)c1ccccc1)c1ccc([N+](=O)[O-])cc1. The lowest BCUT2D eigenvalue weighted by Gasteiger charge is -2.29. The van der Waals surface area contributed by atoms with Crippen LogP contribution in [0.4, 0.5) is 5.69 Å². The van der Waals surface area contributed by atoms with Gasteiger partial charge in [-0.1, -0.05) is 97.1 Å². The number of benzene rings is 5. The van der Waals surface area contributed by atoms with Gasteiger partial charge in [0.2, 0.25) is 5.78 Å². The predicted octanol–water partition coefficient (Wildman–Crippen LogP) is 6.58. The zero-order valence-electron chi connectivity index (χ0n) is 22.0. The molecule has 0 aliphatic heterocycles. The maximum Gasteiger partial charge on any atom is 0.269 e. The van der Waals surface area contributed by atoms with Crippen LogP contribution < -0.4 is 21.2 Å². The number of hydrogen-bond donors (Lipinski definition) is 0. The van der Waals surface area contributed by atoms with Crippen molar-refractivity contribution < 1.29 is 9.72 Å². The van der Waals surface area contributed by atoms with Crippen molar-refractivity contribution in [3.05, 3.63) is 161 Å². The topological polar surface area (TPSA) is 60.2 Å². The van der Waals surface area contributed by atoms with Gasteiger partial charge in [0, 0.05) is 23.9 Å². The van der Waals surface area contributed by atoms with E-state index in [4.69, 9.17) is 0 Å². The van der Waals surface area contributed by atoms with Gasteiger partial charge in [-0.15, -0.1) is 0 Å². The molecule has 0 aliphatic rings. The van der Waals surface area contributed by atoms with E-state index < -0.39 is 20.1 Å². The first-order valence-corrected chi connectivity index (χ1v) is 16.9. The van der Waals surface area contributed by atoms with Crippen molar-refractivity contribution in [3.8, 4) is 0 Å². The molecule has 0 heterocycles. The fourth-order valence-corrected chi connectivity index (χ4v) is 12.6. The summed E-state index contributed by atoms with van der Waals surface area (Å²) in [5, 5.41) is 16.2. The van der Waals surface area contributed by atoms with E-state index in [1.807, 2.05) is 12.1 Å². The number of carbonyl (C=O) groups is 1. The third-order valence-corrected chi connectivity index (χ3v) is 14.4. The Morgan fingerprint density at radius 2 is 1.05 bits per heavy atom. The average Bonchev–Trinajstić information content (AvgIpc) is 3.02. The molecule has 0 amide bonds. The van der Waals surface area contributed by atoms with Crippen LogP contribution in [-0.4, -0.2) is 29.2 Å². The molecule has 4 nitrogen and oxygen atoms in total. The van der Waals surface area contributed by atoms with Crippen molar-refractivity contribution in [1.29, 1.82) is 0 Å². The van der Waals surface area contributed by atoms with Crippen molar-refractivity contribution in [3.63, 3.8) is 0 Å². The zero-order chi connectivity index (χ0) is 27.8. The number of ketones is 1. The van der Waals surface area contributed by atoms with Gasteiger partial charge in [-0.2, -0.15) is 0 Å². The maximum atomic E-state index is 13.9. The van der Waals surface area contributed by atoms with E-state index in [-0.39, 0.29) is 11.5 Å². The molecular weight excluding hydrogens is 532 g/mol. The van der Waals surface area contributed by atoms with Crippen LogP contribution in [0.3, 0.4) is 0 Å². The van der Waals surface area contributed by atoms with Crippen molar-refractivity contribution in [2.24, 2.45) is 0 Å². The molecule has 40 heavy (non-hydrogen) atoms. The van der Waals surface area contributed by atoms with Crippen LogP contribution in [0.5, 0.6) is 0 Å². The first-order valence-electron chi connectivity index (χ1n) is 13.2. The van der Waals surface area contributed by atoms with Gasteiger partial charge in [-0.3, -0.25) is 14.9 Å². The molecule has 6 heteroatoms. The second kappa shape index (κ2) is 12.9. The number of carbonyl (C=O) groups excluding carboxylic acids is 1. The molecule has 0 fully saturated rings. The molecule has 0 aromatic heterocycles. The van der Waals surface area contributed by atoms with Crippen LogP contribution in [0, 0.1) is 10.1 Å². The van der Waals surface area contributed by atoms with Crippen LogP contribution in [0.2, 0.25) is 0 Å². The summed E-state index contributed by atoms with van der Waals surface area (Å²) in [6.45, 7) is 0. The van der Waals surface area contributed by atoms with Crippen LogP contribution in [-0.2, 0) is 0 Å². The zero-order valence-corrected chi connectivity index (χ0v) is 23.8.